The molecule has 0 aliphatic carbocycles. The third kappa shape index (κ3) is 4.92. The molecule has 2 rings (SSSR count). The summed E-state index contributed by atoms with van der Waals surface area (Å²) in [4.78, 5) is 11.7. The molecule has 23 heavy (non-hydrogen) atoms. The van der Waals surface area contributed by atoms with Crippen LogP contribution in [0, 0.1) is 0 Å². The molecule has 1 aromatic carbocycles. The number of nitrogens with zero attached hydrogens (tertiary/aromatic N) is 2. The maximum absolute atomic E-state index is 11.7. The molecule has 0 spiro atoms. The van der Waals surface area contributed by atoms with Gasteiger partial charge in [0.2, 0.25) is 21.6 Å². The molecule has 0 saturated carbocycles. The van der Waals surface area contributed by atoms with Crippen LogP contribution in [0.2, 0.25) is 0 Å². The SMILES string of the molecule is COc1ccc(/C=C/C(=O)NCc2nnc(S(C)(=O)=O)o2)cc1. The van der Waals surface area contributed by atoms with E-state index in [1.807, 2.05) is 0 Å². The number of hydrogen-bond acceptors (Lipinski definition) is 7. The van der Waals surface area contributed by atoms with E-state index in [-0.39, 0.29) is 18.3 Å². The van der Waals surface area contributed by atoms with Crippen molar-refractivity contribution in [2.75, 3.05) is 13.4 Å². The van der Waals surface area contributed by atoms with E-state index >= 15 is 0 Å². The standard InChI is InChI=1S/C14H15N3O5S/c1-21-11-6-3-10(4-7-11)5-8-12(18)15-9-13-16-17-14(22-13)23(2,19)20/h3-8H,9H2,1-2H3,(H,15,18)/b8-5+. The number of aromatic nitrogens is 2. The number of amides is 1. The molecular weight excluding hydrogens is 322 g/mol. The highest BCUT2D eigenvalue weighted by Crippen LogP contribution is 2.12. The van der Waals surface area contributed by atoms with Gasteiger partial charge >= 0.3 is 5.22 Å². The summed E-state index contributed by atoms with van der Waals surface area (Å²) in [6.45, 7) is -0.0612. The summed E-state index contributed by atoms with van der Waals surface area (Å²) in [5.41, 5.74) is 0.832. The maximum atomic E-state index is 11.7. The Kier molecular flexibility index (Phi) is 5.12. The number of nitrogens with one attached hydrogen (secondary N) is 1. The molecule has 0 aliphatic rings. The second-order valence-corrected chi connectivity index (χ2v) is 6.45. The van der Waals surface area contributed by atoms with E-state index in [4.69, 9.17) is 9.15 Å². The molecule has 2 aromatic rings. The van der Waals surface area contributed by atoms with Crippen LogP contribution in [0.1, 0.15) is 11.5 Å². The first kappa shape index (κ1) is 16.7. The number of hydrogen-bond donors (Lipinski definition) is 1. The Hall–Kier alpha value is -2.68. The highest BCUT2D eigenvalue weighted by atomic mass is 32.2. The molecule has 0 atom stereocenters. The number of ether oxygens (including phenoxy) is 1. The van der Waals surface area contributed by atoms with Gasteiger partial charge in [0.15, 0.2) is 0 Å². The first-order valence-electron chi connectivity index (χ1n) is 6.51. The second-order valence-electron chi connectivity index (χ2n) is 4.56. The number of carbonyl (C=O) groups excluding carboxylic acids is 1. The van der Waals surface area contributed by atoms with Crippen molar-refractivity contribution < 1.29 is 22.4 Å². The average Bonchev–Trinajstić information content (AvgIpc) is 3.00. The number of rotatable bonds is 6. The van der Waals surface area contributed by atoms with Crippen LogP contribution in [0.15, 0.2) is 40.0 Å². The van der Waals surface area contributed by atoms with Crippen molar-refractivity contribution in [1.82, 2.24) is 15.5 Å². The van der Waals surface area contributed by atoms with Crippen LogP contribution in [0.25, 0.3) is 6.08 Å². The lowest BCUT2D eigenvalue weighted by molar-refractivity contribution is -0.116. The summed E-state index contributed by atoms with van der Waals surface area (Å²) in [5, 5.41) is 8.97. The molecule has 0 fully saturated rings. The van der Waals surface area contributed by atoms with Gasteiger partial charge in [0.05, 0.1) is 13.7 Å². The fraction of sp³-hybridized carbons (Fsp3) is 0.214. The number of benzene rings is 1. The van der Waals surface area contributed by atoms with E-state index in [1.165, 1.54) is 6.08 Å². The van der Waals surface area contributed by atoms with E-state index in [2.05, 4.69) is 15.5 Å². The molecule has 0 radical (unpaired) electrons. The van der Waals surface area contributed by atoms with Crippen molar-refractivity contribution in [3.8, 4) is 5.75 Å². The third-order valence-electron chi connectivity index (χ3n) is 2.72. The first-order chi connectivity index (χ1) is 10.9. The Morgan fingerprint density at radius 3 is 2.57 bits per heavy atom. The first-order valence-corrected chi connectivity index (χ1v) is 8.40. The van der Waals surface area contributed by atoms with Gasteiger partial charge in [-0.25, -0.2) is 8.42 Å². The van der Waals surface area contributed by atoms with Gasteiger partial charge in [-0.2, -0.15) is 0 Å². The van der Waals surface area contributed by atoms with E-state index in [1.54, 1.807) is 37.5 Å². The zero-order chi connectivity index (χ0) is 16.9. The highest BCUT2D eigenvalue weighted by Gasteiger charge is 2.16. The Morgan fingerprint density at radius 1 is 1.30 bits per heavy atom. The Labute approximate surface area is 133 Å². The van der Waals surface area contributed by atoms with Gasteiger partial charge in [0.1, 0.15) is 5.75 Å². The van der Waals surface area contributed by atoms with Crippen LogP contribution in [0.3, 0.4) is 0 Å². The smallest absolute Gasteiger partial charge is 0.335 e. The summed E-state index contributed by atoms with van der Waals surface area (Å²) >= 11 is 0. The van der Waals surface area contributed by atoms with Gasteiger partial charge in [-0.1, -0.05) is 17.2 Å². The Balaban J connectivity index is 1.89. The molecule has 0 aliphatic heterocycles. The zero-order valence-electron chi connectivity index (χ0n) is 12.5. The molecule has 1 N–H and O–H groups in total. The molecule has 1 heterocycles. The largest absolute Gasteiger partial charge is 0.497 e. The van der Waals surface area contributed by atoms with Crippen molar-refractivity contribution in [2.24, 2.45) is 0 Å². The number of carbonyl (C=O) groups is 1. The second kappa shape index (κ2) is 7.05. The summed E-state index contributed by atoms with van der Waals surface area (Å²) in [7, 11) is -1.98. The molecule has 122 valence electrons. The van der Waals surface area contributed by atoms with Gasteiger partial charge in [0.25, 0.3) is 0 Å². The van der Waals surface area contributed by atoms with Crippen LogP contribution in [-0.4, -0.2) is 37.9 Å². The monoisotopic (exact) mass is 337 g/mol. The quantitative estimate of drug-likeness (QED) is 0.776. The van der Waals surface area contributed by atoms with E-state index < -0.39 is 15.1 Å². The van der Waals surface area contributed by atoms with Crippen LogP contribution in [0.5, 0.6) is 5.75 Å². The van der Waals surface area contributed by atoms with Crippen LogP contribution in [0.4, 0.5) is 0 Å². The van der Waals surface area contributed by atoms with Crippen molar-refractivity contribution in [2.45, 2.75) is 11.8 Å². The van der Waals surface area contributed by atoms with Crippen LogP contribution in [-0.2, 0) is 21.2 Å². The maximum Gasteiger partial charge on any atom is 0.335 e. The van der Waals surface area contributed by atoms with Gasteiger partial charge < -0.3 is 14.5 Å². The van der Waals surface area contributed by atoms with Crippen LogP contribution >= 0.6 is 0 Å². The van der Waals surface area contributed by atoms with Crippen molar-refractivity contribution >= 4 is 21.8 Å². The predicted molar refractivity (Wildman–Crippen MR) is 81.3 cm³/mol. The lowest BCUT2D eigenvalue weighted by Crippen LogP contribution is -2.20. The molecule has 0 unspecified atom stereocenters. The summed E-state index contributed by atoms with van der Waals surface area (Å²) in [5.74, 6) is 0.362. The average molecular weight is 337 g/mol. The minimum atomic E-state index is -3.55. The summed E-state index contributed by atoms with van der Waals surface area (Å²) in [6.07, 6.45) is 3.93. The van der Waals surface area contributed by atoms with Crippen molar-refractivity contribution in [3.63, 3.8) is 0 Å². The zero-order valence-corrected chi connectivity index (χ0v) is 13.3. The normalized spacial score (nSPS) is 11.6. The number of methoxy groups -OCH3 is 1. The molecule has 1 aromatic heterocycles. The minimum Gasteiger partial charge on any atom is -0.497 e. The lowest BCUT2D eigenvalue weighted by Gasteiger charge is -1.99. The number of sulfone groups is 1. The minimum absolute atomic E-state index is 0.0108. The van der Waals surface area contributed by atoms with Crippen LogP contribution < -0.4 is 10.1 Å². The molecule has 1 amide bonds. The van der Waals surface area contributed by atoms with E-state index in [0.29, 0.717) is 0 Å². The predicted octanol–water partition coefficient (Wildman–Crippen LogP) is 0.811. The van der Waals surface area contributed by atoms with E-state index in [0.717, 1.165) is 17.6 Å². The molecule has 0 saturated heterocycles. The summed E-state index contributed by atoms with van der Waals surface area (Å²) < 4.78 is 32.3. The van der Waals surface area contributed by atoms with Crippen molar-refractivity contribution in [1.29, 1.82) is 0 Å². The van der Waals surface area contributed by atoms with Crippen molar-refractivity contribution in [3.05, 3.63) is 41.8 Å². The Bertz CT molecular complexity index is 809. The molecule has 0 bridgehead atoms. The summed E-state index contributed by atoms with van der Waals surface area (Å²) in [6, 6.07) is 7.17. The Morgan fingerprint density at radius 2 is 2.00 bits per heavy atom. The highest BCUT2D eigenvalue weighted by molar-refractivity contribution is 7.90. The van der Waals surface area contributed by atoms with Gasteiger partial charge in [-0.3, -0.25) is 4.79 Å². The topological polar surface area (TPSA) is 111 Å². The van der Waals surface area contributed by atoms with Gasteiger partial charge in [-0.05, 0) is 23.8 Å². The fourth-order valence-corrected chi connectivity index (χ4v) is 2.00. The molecule has 9 heteroatoms. The molecular formula is C14H15N3O5S. The molecule has 8 nitrogen and oxygen atoms in total. The third-order valence-corrected chi connectivity index (χ3v) is 3.52. The van der Waals surface area contributed by atoms with Gasteiger partial charge in [-0.15, -0.1) is 5.10 Å². The van der Waals surface area contributed by atoms with Gasteiger partial charge in [0, 0.05) is 12.3 Å². The lowest BCUT2D eigenvalue weighted by atomic mass is 10.2. The van der Waals surface area contributed by atoms with E-state index in [9.17, 15) is 13.2 Å². The fourth-order valence-electron chi connectivity index (χ4n) is 1.57.